The van der Waals surface area contributed by atoms with Crippen molar-refractivity contribution in [3.63, 3.8) is 0 Å². The molecule has 0 amide bonds. The Morgan fingerprint density at radius 3 is 2.24 bits per heavy atom. The number of ether oxygens (including phenoxy) is 2. The first-order valence-electron chi connectivity index (χ1n) is 5.82. The van der Waals surface area contributed by atoms with Gasteiger partial charge in [-0.25, -0.2) is 0 Å². The Morgan fingerprint density at radius 1 is 1.06 bits per heavy atom. The van der Waals surface area contributed by atoms with Crippen LogP contribution in [0, 0.1) is 5.41 Å². The van der Waals surface area contributed by atoms with E-state index in [4.69, 9.17) is 13.9 Å². The third kappa shape index (κ3) is 4.30. The van der Waals surface area contributed by atoms with Gasteiger partial charge in [0.05, 0.1) is 14.2 Å². The summed E-state index contributed by atoms with van der Waals surface area (Å²) in [6.45, 7) is 6.69. The van der Waals surface area contributed by atoms with Crippen LogP contribution in [0.5, 0.6) is 17.2 Å². The molecule has 0 fully saturated rings. The SMILES string of the molecule is COc1cccc(O[SiH2]CC(C)(C)C)c1OC. The number of rotatable bonds is 5. The lowest BCUT2D eigenvalue weighted by molar-refractivity contribution is 0.343. The summed E-state index contributed by atoms with van der Waals surface area (Å²) in [5.74, 6) is 2.20. The Labute approximate surface area is 106 Å². The fourth-order valence-electron chi connectivity index (χ4n) is 1.44. The summed E-state index contributed by atoms with van der Waals surface area (Å²) in [5, 5.41) is 0. The topological polar surface area (TPSA) is 27.7 Å². The highest BCUT2D eigenvalue weighted by molar-refractivity contribution is 6.28. The monoisotopic (exact) mass is 254 g/mol. The number of methoxy groups -OCH3 is 2. The average molecular weight is 254 g/mol. The minimum absolute atomic E-state index is 0.332. The highest BCUT2D eigenvalue weighted by Crippen LogP contribution is 2.36. The standard InChI is InChI=1S/C13H22O3Si/c1-13(2,3)9-17-16-11-8-6-7-10(14-4)12(11)15-5/h6-8H,9,17H2,1-5H3. The van der Waals surface area contributed by atoms with Crippen LogP contribution in [0.3, 0.4) is 0 Å². The molecule has 0 heterocycles. The molecule has 0 saturated carbocycles. The highest BCUT2D eigenvalue weighted by Gasteiger charge is 2.14. The summed E-state index contributed by atoms with van der Waals surface area (Å²) in [6.07, 6.45) is 0. The first-order valence-corrected chi connectivity index (χ1v) is 7.39. The van der Waals surface area contributed by atoms with Crippen LogP contribution in [0.4, 0.5) is 0 Å². The summed E-state index contributed by atoms with van der Waals surface area (Å²) in [6, 6.07) is 6.85. The molecule has 1 rings (SSSR count). The molecule has 0 spiro atoms. The molecule has 0 unspecified atom stereocenters. The number of para-hydroxylation sites is 1. The minimum Gasteiger partial charge on any atom is -0.547 e. The van der Waals surface area contributed by atoms with Gasteiger partial charge in [0.25, 0.3) is 0 Å². The van der Waals surface area contributed by atoms with E-state index in [1.165, 1.54) is 0 Å². The zero-order valence-corrected chi connectivity index (χ0v) is 12.8. The molecule has 0 aliphatic carbocycles. The van der Waals surface area contributed by atoms with Gasteiger partial charge in [-0.2, -0.15) is 0 Å². The van der Waals surface area contributed by atoms with Gasteiger partial charge in [0.2, 0.25) is 15.5 Å². The van der Waals surface area contributed by atoms with Crippen molar-refractivity contribution in [3.05, 3.63) is 18.2 Å². The molecular formula is C13H22O3Si. The zero-order valence-electron chi connectivity index (χ0n) is 11.4. The van der Waals surface area contributed by atoms with E-state index in [1.807, 2.05) is 18.2 Å². The molecule has 0 radical (unpaired) electrons. The fraction of sp³-hybridized carbons (Fsp3) is 0.538. The largest absolute Gasteiger partial charge is 0.547 e. The molecule has 0 aliphatic rings. The highest BCUT2D eigenvalue weighted by atomic mass is 28.2. The van der Waals surface area contributed by atoms with E-state index in [0.717, 1.165) is 17.5 Å². The molecule has 0 N–H and O–H groups in total. The van der Waals surface area contributed by atoms with Crippen LogP contribution in [0.15, 0.2) is 18.2 Å². The average Bonchev–Trinajstić information content (AvgIpc) is 2.27. The summed E-state index contributed by atoms with van der Waals surface area (Å²) < 4.78 is 16.4. The van der Waals surface area contributed by atoms with Gasteiger partial charge in [-0.15, -0.1) is 0 Å². The van der Waals surface area contributed by atoms with Gasteiger partial charge >= 0.3 is 0 Å². The molecule has 96 valence electrons. The molecular weight excluding hydrogens is 232 g/mol. The normalized spacial score (nSPS) is 11.8. The number of benzene rings is 1. The first-order chi connectivity index (χ1) is 7.98. The summed E-state index contributed by atoms with van der Waals surface area (Å²) >= 11 is 0. The van der Waals surface area contributed by atoms with E-state index in [9.17, 15) is 0 Å². The van der Waals surface area contributed by atoms with Crippen molar-refractivity contribution < 1.29 is 13.9 Å². The molecule has 4 heteroatoms. The van der Waals surface area contributed by atoms with Crippen LogP contribution in [0.25, 0.3) is 0 Å². The van der Waals surface area contributed by atoms with Crippen LogP contribution < -0.4 is 13.9 Å². The minimum atomic E-state index is -0.581. The molecule has 1 aromatic carbocycles. The second-order valence-corrected chi connectivity index (χ2v) is 6.35. The second kappa shape index (κ2) is 5.96. The van der Waals surface area contributed by atoms with E-state index in [1.54, 1.807) is 14.2 Å². The quantitative estimate of drug-likeness (QED) is 0.756. The van der Waals surface area contributed by atoms with Gasteiger partial charge in [-0.1, -0.05) is 26.8 Å². The lowest BCUT2D eigenvalue weighted by Crippen LogP contribution is -2.13. The van der Waals surface area contributed by atoms with Crippen LogP contribution in [-0.2, 0) is 0 Å². The third-order valence-corrected chi connectivity index (χ3v) is 4.70. The molecule has 1 aromatic rings. The van der Waals surface area contributed by atoms with E-state index in [-0.39, 0.29) is 0 Å². The summed E-state index contributed by atoms with van der Waals surface area (Å²) in [7, 11) is 2.69. The lowest BCUT2D eigenvalue weighted by Gasteiger charge is -2.19. The van der Waals surface area contributed by atoms with Crippen molar-refractivity contribution in [2.45, 2.75) is 26.8 Å². The van der Waals surface area contributed by atoms with Gasteiger partial charge in [-0.05, 0) is 23.6 Å². The van der Waals surface area contributed by atoms with Crippen LogP contribution in [0.1, 0.15) is 20.8 Å². The Hall–Kier alpha value is -1.16. The van der Waals surface area contributed by atoms with Crippen molar-refractivity contribution >= 4 is 9.76 Å². The number of hydrogen-bond donors (Lipinski definition) is 0. The lowest BCUT2D eigenvalue weighted by atomic mass is 10.0. The van der Waals surface area contributed by atoms with Crippen molar-refractivity contribution in [1.82, 2.24) is 0 Å². The van der Waals surface area contributed by atoms with E-state index < -0.39 is 9.76 Å². The molecule has 0 aliphatic heterocycles. The Kier molecular flexibility index (Phi) is 4.87. The maximum Gasteiger partial charge on any atom is 0.220 e. The van der Waals surface area contributed by atoms with E-state index in [0.29, 0.717) is 11.2 Å². The summed E-state index contributed by atoms with van der Waals surface area (Å²) in [5.41, 5.74) is 0.332. The van der Waals surface area contributed by atoms with E-state index in [2.05, 4.69) is 20.8 Å². The Morgan fingerprint density at radius 2 is 1.71 bits per heavy atom. The Balaban J connectivity index is 2.70. The van der Waals surface area contributed by atoms with Crippen LogP contribution in [-0.4, -0.2) is 24.0 Å². The zero-order chi connectivity index (χ0) is 12.9. The molecule has 0 atom stereocenters. The molecule has 17 heavy (non-hydrogen) atoms. The van der Waals surface area contributed by atoms with Crippen molar-refractivity contribution in [3.8, 4) is 17.2 Å². The van der Waals surface area contributed by atoms with Crippen molar-refractivity contribution in [1.29, 1.82) is 0 Å². The number of hydrogen-bond acceptors (Lipinski definition) is 3. The van der Waals surface area contributed by atoms with E-state index >= 15 is 0 Å². The smallest absolute Gasteiger partial charge is 0.220 e. The van der Waals surface area contributed by atoms with Gasteiger partial charge < -0.3 is 13.9 Å². The first kappa shape index (κ1) is 13.9. The van der Waals surface area contributed by atoms with Crippen molar-refractivity contribution in [2.24, 2.45) is 5.41 Å². The maximum atomic E-state index is 5.88. The molecule has 0 bridgehead atoms. The van der Waals surface area contributed by atoms with Crippen molar-refractivity contribution in [2.75, 3.05) is 14.2 Å². The van der Waals surface area contributed by atoms with Crippen LogP contribution >= 0.6 is 0 Å². The molecule has 0 saturated heterocycles. The Bertz CT molecular complexity index is 358. The van der Waals surface area contributed by atoms with Gasteiger partial charge in [-0.3, -0.25) is 0 Å². The third-order valence-electron chi connectivity index (χ3n) is 2.48. The van der Waals surface area contributed by atoms with Gasteiger partial charge in [0.1, 0.15) is 5.75 Å². The predicted octanol–water partition coefficient (Wildman–Crippen LogP) is 2.63. The van der Waals surface area contributed by atoms with Gasteiger partial charge in [0.15, 0.2) is 5.75 Å². The predicted molar refractivity (Wildman–Crippen MR) is 73.0 cm³/mol. The van der Waals surface area contributed by atoms with Gasteiger partial charge in [0, 0.05) is 0 Å². The molecule has 0 aromatic heterocycles. The van der Waals surface area contributed by atoms with Crippen LogP contribution in [0.2, 0.25) is 6.04 Å². The second-order valence-electron chi connectivity index (χ2n) is 5.15. The molecule has 3 nitrogen and oxygen atoms in total. The summed E-state index contributed by atoms with van der Waals surface area (Å²) in [4.78, 5) is 0. The fourth-order valence-corrected chi connectivity index (χ4v) is 2.60. The maximum absolute atomic E-state index is 5.88.